The zero-order valence-corrected chi connectivity index (χ0v) is 9.81. The molecule has 0 aromatic carbocycles. The molecule has 0 unspecified atom stereocenters. The van der Waals surface area contributed by atoms with Gasteiger partial charge in [-0.25, -0.2) is 0 Å². The minimum Gasteiger partial charge on any atom is 0 e. The fraction of sp³-hybridized carbons (Fsp3) is 0. The van der Waals surface area contributed by atoms with Crippen molar-refractivity contribution in [2.24, 2.45) is 0 Å². The molecule has 0 aliphatic rings. The van der Waals surface area contributed by atoms with Crippen LogP contribution in [0.2, 0.25) is 0 Å². The van der Waals surface area contributed by atoms with Crippen LogP contribution in [0, 0.1) is 0 Å². The van der Waals surface area contributed by atoms with E-state index in [4.69, 9.17) is 16.0 Å². The van der Waals surface area contributed by atoms with Gasteiger partial charge in [-0.05, 0) is 0 Å². The first-order chi connectivity index (χ1) is 2.00. The van der Waals surface area contributed by atoms with E-state index >= 15 is 0 Å². The SMILES string of the molecule is O.O.O.O.O.O.O.O.O=[As](O)(O)O.[Al]. The van der Waals surface area contributed by atoms with Gasteiger partial charge in [0.1, 0.15) is 0 Å². The summed E-state index contributed by atoms with van der Waals surface area (Å²) in [6.45, 7) is 0. The van der Waals surface area contributed by atoms with E-state index in [9.17, 15) is 0 Å². The van der Waals surface area contributed by atoms with Crippen molar-refractivity contribution in [2.75, 3.05) is 0 Å². The molecule has 0 aliphatic heterocycles. The molecule has 0 bridgehead atoms. The Labute approximate surface area is 92.1 Å². The Morgan fingerprint density at radius 2 is 0.571 bits per heavy atom. The van der Waals surface area contributed by atoms with Gasteiger partial charge in [-0.2, -0.15) is 0 Å². The van der Waals surface area contributed by atoms with Crippen LogP contribution in [0.25, 0.3) is 0 Å². The third kappa shape index (κ3) is 8030. The smallest absolute Gasteiger partial charge is 0 e. The van der Waals surface area contributed by atoms with Crippen LogP contribution in [0.1, 0.15) is 0 Å². The van der Waals surface area contributed by atoms with Gasteiger partial charge in [0.05, 0.1) is 0 Å². The fourth-order valence-corrected chi connectivity index (χ4v) is 0. The molecule has 0 heterocycles. The molecular weight excluding hydrogens is 294 g/mol. The van der Waals surface area contributed by atoms with Crippen molar-refractivity contribution in [2.45, 2.75) is 0 Å². The van der Waals surface area contributed by atoms with E-state index in [0.717, 1.165) is 0 Å². The van der Waals surface area contributed by atoms with Crippen LogP contribution in [0.5, 0.6) is 0 Å². The fourth-order valence-electron chi connectivity index (χ4n) is 0. The van der Waals surface area contributed by atoms with Crippen LogP contribution in [-0.4, -0.2) is 88.0 Å². The quantitative estimate of drug-likeness (QED) is 0.366. The number of hydrogen-bond donors (Lipinski definition) is 3. The largest absolute Gasteiger partial charge is 0 e. The monoisotopic (exact) mass is 313 g/mol. The zero-order chi connectivity index (χ0) is 4.50. The van der Waals surface area contributed by atoms with Gasteiger partial charge in [0, 0.05) is 17.4 Å². The summed E-state index contributed by atoms with van der Waals surface area (Å²) in [6.07, 6.45) is 0. The molecule has 0 fully saturated rings. The van der Waals surface area contributed by atoms with Crippen molar-refractivity contribution in [3.63, 3.8) is 0 Å². The van der Waals surface area contributed by atoms with Gasteiger partial charge < -0.3 is 43.8 Å². The average Bonchev–Trinajstić information content (AvgIpc) is 0.722. The first kappa shape index (κ1) is 132. The summed E-state index contributed by atoms with van der Waals surface area (Å²) in [5.41, 5.74) is 0. The average molecular weight is 313 g/mol. The van der Waals surface area contributed by atoms with E-state index in [1.54, 1.807) is 0 Å². The van der Waals surface area contributed by atoms with E-state index in [1.807, 2.05) is 0 Å². The van der Waals surface area contributed by atoms with Crippen molar-refractivity contribution >= 4 is 31.9 Å². The van der Waals surface area contributed by atoms with Gasteiger partial charge in [0.25, 0.3) is 0 Å². The Morgan fingerprint density at radius 3 is 0.571 bits per heavy atom. The van der Waals surface area contributed by atoms with E-state index in [1.165, 1.54) is 0 Å². The molecule has 0 aromatic heterocycles. The van der Waals surface area contributed by atoms with E-state index in [0.29, 0.717) is 0 Å². The van der Waals surface area contributed by atoms with Gasteiger partial charge in [-0.1, -0.05) is 0 Å². The predicted molar refractivity (Wildman–Crippen MR) is 47.8 cm³/mol. The molecule has 14 heteroatoms. The van der Waals surface area contributed by atoms with Crippen molar-refractivity contribution < 1.29 is 59.8 Å². The summed E-state index contributed by atoms with van der Waals surface area (Å²) >= 11 is -5.12. The zero-order valence-electron chi connectivity index (χ0n) is 6.77. The normalized spacial score (nSPS) is 4.21. The summed E-state index contributed by atoms with van der Waals surface area (Å²) in [5, 5.41) is 0. The van der Waals surface area contributed by atoms with Crippen molar-refractivity contribution in [1.82, 2.24) is 0 Å². The molecule has 99 valence electrons. The molecule has 19 N–H and O–H groups in total. The number of hydrogen-bond acceptors (Lipinski definition) is 1. The summed E-state index contributed by atoms with van der Waals surface area (Å²) in [5.74, 6) is 0. The Hall–Kier alpha value is 0.451. The van der Waals surface area contributed by atoms with Crippen molar-refractivity contribution in [1.29, 1.82) is 0 Å². The standard InChI is InChI=1S/Al.AsH3O4.8H2O/c;2-1(3,4)5;;;;;;;;/h;(H3,2,3,4,5);8*1H2. The summed E-state index contributed by atoms with van der Waals surface area (Å²) in [6, 6.07) is 0. The van der Waals surface area contributed by atoms with Crippen molar-refractivity contribution in [3.8, 4) is 0 Å². The van der Waals surface area contributed by atoms with Crippen LogP contribution >= 0.6 is 0 Å². The number of rotatable bonds is 0. The summed E-state index contributed by atoms with van der Waals surface area (Å²) in [7, 11) is 0. The molecule has 3 radical (unpaired) electrons. The maximum Gasteiger partial charge on any atom is 0 e. The molecule has 0 saturated carbocycles. The Balaban J connectivity index is -0.00000000222. The maximum absolute atomic E-state index is 8.94. The molecule has 0 rings (SSSR count). The topological polar surface area (TPSA) is 330 Å². The summed E-state index contributed by atoms with van der Waals surface area (Å²) < 4.78 is 30.7. The molecule has 0 atom stereocenters. The third-order valence-corrected chi connectivity index (χ3v) is 0. The molecule has 0 saturated heterocycles. The van der Waals surface area contributed by atoms with Gasteiger partial charge in [0.2, 0.25) is 0 Å². The second-order valence-electron chi connectivity index (χ2n) is 0.513. The van der Waals surface area contributed by atoms with E-state index < -0.39 is 14.5 Å². The van der Waals surface area contributed by atoms with E-state index in [-0.39, 0.29) is 61.2 Å². The Bertz CT molecular complexity index is 56.5. The molecule has 0 spiro atoms. The Morgan fingerprint density at radius 1 is 0.571 bits per heavy atom. The molecular formula is H19AlAsO12. The first-order valence-corrected chi connectivity index (χ1v) is 4.07. The minimum absolute atomic E-state index is 0. The second-order valence-corrected chi connectivity index (χ2v) is 2.67. The van der Waals surface area contributed by atoms with E-state index in [2.05, 4.69) is 0 Å². The van der Waals surface area contributed by atoms with Crippen LogP contribution in [-0.2, 0) is 3.74 Å². The van der Waals surface area contributed by atoms with Crippen LogP contribution in [0.4, 0.5) is 0 Å². The predicted octanol–water partition coefficient (Wildman–Crippen LogP) is -9.15. The van der Waals surface area contributed by atoms with Gasteiger partial charge in [-0.15, -0.1) is 0 Å². The Kier molecular flexibility index (Phi) is 472. The van der Waals surface area contributed by atoms with Gasteiger partial charge in [-0.3, -0.25) is 0 Å². The molecule has 0 amide bonds. The summed E-state index contributed by atoms with van der Waals surface area (Å²) in [4.78, 5) is 0. The minimum atomic E-state index is -5.12. The van der Waals surface area contributed by atoms with Gasteiger partial charge in [0.15, 0.2) is 0 Å². The second kappa shape index (κ2) is 50.1. The van der Waals surface area contributed by atoms with Crippen molar-refractivity contribution in [3.05, 3.63) is 0 Å². The third-order valence-electron chi connectivity index (χ3n) is 0. The van der Waals surface area contributed by atoms with Crippen LogP contribution in [0.15, 0.2) is 0 Å². The van der Waals surface area contributed by atoms with Crippen LogP contribution in [0.3, 0.4) is 0 Å². The van der Waals surface area contributed by atoms with Gasteiger partial charge >= 0.3 is 30.5 Å². The van der Waals surface area contributed by atoms with Crippen LogP contribution < -0.4 is 0 Å². The first-order valence-electron chi connectivity index (χ1n) is 0.783. The maximum atomic E-state index is 8.94. The molecule has 0 aromatic rings. The molecule has 14 heavy (non-hydrogen) atoms. The molecule has 12 nitrogen and oxygen atoms in total. The molecule has 0 aliphatic carbocycles.